The summed E-state index contributed by atoms with van der Waals surface area (Å²) in [4.78, 5) is 47.3. The van der Waals surface area contributed by atoms with Crippen LogP contribution >= 0.6 is 11.6 Å². The highest BCUT2D eigenvalue weighted by Crippen LogP contribution is 2.36. The first kappa shape index (κ1) is 36.6. The van der Waals surface area contributed by atoms with Crippen LogP contribution in [0.5, 0.6) is 0 Å². The predicted molar refractivity (Wildman–Crippen MR) is 161 cm³/mol. The number of aliphatic carboxylic acids is 1. The Bertz CT molecular complexity index is 1700. The number of carbonyl (C=O) groups is 4. The molecule has 3 N–H and O–H groups in total. The lowest BCUT2D eigenvalue weighted by molar-refractivity contribution is -0.143. The van der Waals surface area contributed by atoms with Gasteiger partial charge in [-0.15, -0.1) is 0 Å². The molecule has 4 rings (SSSR count). The topological polar surface area (TPSA) is 123 Å². The van der Waals surface area contributed by atoms with E-state index in [1.54, 1.807) is 42.5 Å². The average molecular weight is 684 g/mol. The highest BCUT2D eigenvalue weighted by Gasteiger charge is 2.38. The smallest absolute Gasteiger partial charge is 0.416 e. The Morgan fingerprint density at radius 2 is 1.47 bits per heavy atom. The van der Waals surface area contributed by atoms with Gasteiger partial charge in [0, 0.05) is 47.2 Å². The molecular formula is C32H28ClF6N3O5. The number of amides is 2. The minimum atomic E-state index is -5.10. The zero-order valence-electron chi connectivity index (χ0n) is 24.8. The number of carbonyl (C=O) groups excluding carboxylic acids is 3. The number of hydrogen-bond acceptors (Lipinski definition) is 4. The molecule has 0 saturated carbocycles. The summed E-state index contributed by atoms with van der Waals surface area (Å²) in [6.07, 6.45) is -9.01. The van der Waals surface area contributed by atoms with Crippen LogP contribution in [0.1, 0.15) is 57.2 Å². The van der Waals surface area contributed by atoms with Crippen LogP contribution in [0.15, 0.2) is 72.9 Å². The van der Waals surface area contributed by atoms with E-state index in [4.69, 9.17) is 22.4 Å². The summed E-state index contributed by atoms with van der Waals surface area (Å²) >= 11 is 5.82. The summed E-state index contributed by atoms with van der Waals surface area (Å²) in [6.45, 7) is 1.47. The number of alkyl halides is 6. The van der Waals surface area contributed by atoms with Crippen LogP contribution in [-0.2, 0) is 23.6 Å². The lowest BCUT2D eigenvalue weighted by Gasteiger charge is -2.29. The van der Waals surface area contributed by atoms with Gasteiger partial charge in [-0.05, 0) is 61.7 Å². The van der Waals surface area contributed by atoms with Crippen LogP contribution in [0, 0.1) is 0 Å². The molecule has 1 aromatic heterocycles. The SMILES string of the molecule is CC(=O)c1cn(C(N)=O)c2ccccc12.CN(C(=O)c1cc(C(F)(F)F)cc(C(F)(F)F)c1)C(CCC(=O)O)Cc1ccc(Cl)cc1. The standard InChI is InChI=1S/C21H18ClF6NO3.C11H10N2O2/c1-29(17(6-7-18(30)31)8-12-2-4-16(22)5-3-12)19(32)13-9-14(20(23,24)25)11-15(10-13)21(26,27)28;1-7(14)9-6-13(11(12)15)10-5-3-2-4-8(9)10/h2-5,9-11,17H,6-8H2,1H3,(H,30,31);2-6H,1H3,(H2,12,15). The summed E-state index contributed by atoms with van der Waals surface area (Å²) in [5.74, 6) is -2.33. The maximum absolute atomic E-state index is 13.1. The number of carboxylic acids is 1. The molecule has 250 valence electrons. The number of nitrogens with two attached hydrogens (primary N) is 1. The van der Waals surface area contributed by atoms with Gasteiger partial charge in [-0.25, -0.2) is 4.79 Å². The van der Waals surface area contributed by atoms with Gasteiger partial charge in [-0.2, -0.15) is 26.3 Å². The number of likely N-dealkylation sites (N-methyl/N-ethyl adjacent to an activating group) is 1. The quantitative estimate of drug-likeness (QED) is 0.146. The van der Waals surface area contributed by atoms with E-state index in [1.165, 1.54) is 24.7 Å². The van der Waals surface area contributed by atoms with Crippen LogP contribution in [0.2, 0.25) is 5.02 Å². The number of hydrogen-bond donors (Lipinski definition) is 2. The van der Waals surface area contributed by atoms with E-state index >= 15 is 0 Å². The number of primary amides is 1. The van der Waals surface area contributed by atoms with Crippen molar-refractivity contribution in [1.29, 1.82) is 0 Å². The molecule has 0 spiro atoms. The van der Waals surface area contributed by atoms with E-state index in [1.807, 2.05) is 6.07 Å². The Hall–Kier alpha value is -4.85. The lowest BCUT2D eigenvalue weighted by atomic mass is 9.98. The highest BCUT2D eigenvalue weighted by atomic mass is 35.5. The molecule has 0 aliphatic carbocycles. The Labute approximate surface area is 269 Å². The highest BCUT2D eigenvalue weighted by molar-refractivity contribution is 6.30. The van der Waals surface area contributed by atoms with E-state index in [0.717, 1.165) is 10.3 Å². The largest absolute Gasteiger partial charge is 0.481 e. The van der Waals surface area contributed by atoms with E-state index in [-0.39, 0.29) is 31.1 Å². The van der Waals surface area contributed by atoms with Gasteiger partial charge < -0.3 is 15.7 Å². The number of ketones is 1. The number of rotatable bonds is 8. The summed E-state index contributed by atoms with van der Waals surface area (Å²) in [5, 5.41) is 10.2. The van der Waals surface area contributed by atoms with E-state index in [0.29, 0.717) is 33.8 Å². The van der Waals surface area contributed by atoms with Crippen molar-refractivity contribution in [1.82, 2.24) is 9.47 Å². The molecule has 1 unspecified atom stereocenters. The van der Waals surface area contributed by atoms with Gasteiger partial charge in [0.15, 0.2) is 5.78 Å². The second kappa shape index (κ2) is 14.7. The number of Topliss-reactive ketones (excluding diaryl/α,β-unsaturated/α-hetero) is 1. The first-order valence-electron chi connectivity index (χ1n) is 13.7. The molecule has 0 radical (unpaired) electrons. The Morgan fingerprint density at radius 3 is 1.96 bits per heavy atom. The normalized spacial score (nSPS) is 12.2. The maximum Gasteiger partial charge on any atom is 0.416 e. The summed E-state index contributed by atoms with van der Waals surface area (Å²) < 4.78 is 80.0. The fraction of sp³-hybridized carbons (Fsp3) is 0.250. The lowest BCUT2D eigenvalue weighted by Crippen LogP contribution is -2.39. The molecule has 0 bridgehead atoms. The van der Waals surface area contributed by atoms with Crippen molar-refractivity contribution in [2.24, 2.45) is 5.73 Å². The van der Waals surface area contributed by atoms with Gasteiger partial charge in [-0.3, -0.25) is 19.0 Å². The Kier molecular flexibility index (Phi) is 11.5. The Morgan fingerprint density at radius 1 is 0.915 bits per heavy atom. The summed E-state index contributed by atoms with van der Waals surface area (Å²) in [5.41, 5.74) is 3.03. The van der Waals surface area contributed by atoms with Gasteiger partial charge >= 0.3 is 24.4 Å². The number of carboxylic acid groups (broad SMARTS) is 1. The van der Waals surface area contributed by atoms with Crippen molar-refractivity contribution >= 4 is 46.2 Å². The van der Waals surface area contributed by atoms with Crippen LogP contribution < -0.4 is 5.73 Å². The second-order valence-corrected chi connectivity index (χ2v) is 10.9. The van der Waals surface area contributed by atoms with E-state index in [9.17, 15) is 45.5 Å². The third kappa shape index (κ3) is 9.58. The second-order valence-electron chi connectivity index (χ2n) is 10.5. The minimum absolute atomic E-state index is 0.0631. The molecule has 3 aromatic carbocycles. The van der Waals surface area contributed by atoms with Gasteiger partial charge in [-0.1, -0.05) is 41.9 Å². The molecule has 0 fully saturated rings. The number of para-hydroxylation sites is 1. The Balaban J connectivity index is 0.000000331. The van der Waals surface area contributed by atoms with Crippen molar-refractivity contribution in [2.45, 2.75) is 44.6 Å². The van der Waals surface area contributed by atoms with E-state index < -0.39 is 53.0 Å². The molecule has 4 aromatic rings. The molecule has 0 saturated heterocycles. The summed E-state index contributed by atoms with van der Waals surface area (Å²) in [6, 6.07) is 12.8. The fourth-order valence-electron chi connectivity index (χ4n) is 4.71. The van der Waals surface area contributed by atoms with Crippen LogP contribution in [-0.4, -0.2) is 51.4 Å². The third-order valence-corrected chi connectivity index (χ3v) is 7.36. The van der Waals surface area contributed by atoms with Gasteiger partial charge in [0.05, 0.1) is 16.6 Å². The van der Waals surface area contributed by atoms with Crippen LogP contribution in [0.3, 0.4) is 0 Å². The number of benzene rings is 3. The number of aromatic nitrogens is 1. The van der Waals surface area contributed by atoms with Crippen molar-refractivity contribution in [3.63, 3.8) is 0 Å². The molecule has 0 aliphatic heterocycles. The monoisotopic (exact) mass is 683 g/mol. The van der Waals surface area contributed by atoms with Gasteiger partial charge in [0.1, 0.15) is 0 Å². The summed E-state index contributed by atoms with van der Waals surface area (Å²) in [7, 11) is 1.21. The number of fused-ring (bicyclic) bond motifs is 1. The number of halogens is 7. The molecular weight excluding hydrogens is 656 g/mol. The molecule has 15 heteroatoms. The van der Waals surface area contributed by atoms with Crippen molar-refractivity contribution in [3.8, 4) is 0 Å². The zero-order valence-corrected chi connectivity index (χ0v) is 25.6. The molecule has 47 heavy (non-hydrogen) atoms. The minimum Gasteiger partial charge on any atom is -0.481 e. The van der Waals surface area contributed by atoms with Crippen molar-refractivity contribution < 1.29 is 50.6 Å². The maximum atomic E-state index is 13.1. The average Bonchev–Trinajstić information content (AvgIpc) is 3.39. The van der Waals surface area contributed by atoms with Crippen LogP contribution in [0.4, 0.5) is 31.1 Å². The molecule has 8 nitrogen and oxygen atoms in total. The molecule has 2 amide bonds. The van der Waals surface area contributed by atoms with Crippen molar-refractivity contribution in [2.75, 3.05) is 7.05 Å². The molecule has 0 aliphatic rings. The van der Waals surface area contributed by atoms with Crippen molar-refractivity contribution in [3.05, 3.63) is 106 Å². The molecule has 1 atom stereocenters. The predicted octanol–water partition coefficient (Wildman–Crippen LogP) is 7.70. The van der Waals surface area contributed by atoms with Crippen LogP contribution in [0.25, 0.3) is 10.9 Å². The first-order valence-corrected chi connectivity index (χ1v) is 14.1. The van der Waals surface area contributed by atoms with Gasteiger partial charge in [0.25, 0.3) is 5.91 Å². The fourth-order valence-corrected chi connectivity index (χ4v) is 4.83. The van der Waals surface area contributed by atoms with Gasteiger partial charge in [0.2, 0.25) is 0 Å². The zero-order chi connectivity index (χ0) is 35.3. The molecule has 1 heterocycles. The number of nitrogens with zero attached hydrogens (tertiary/aromatic N) is 2. The van der Waals surface area contributed by atoms with E-state index in [2.05, 4.69) is 0 Å². The first-order chi connectivity index (χ1) is 21.8. The third-order valence-electron chi connectivity index (χ3n) is 7.11.